The number of anilines is 1. The highest BCUT2D eigenvalue weighted by molar-refractivity contribution is 5.86. The van der Waals surface area contributed by atoms with Gasteiger partial charge in [0.1, 0.15) is 11.3 Å². The van der Waals surface area contributed by atoms with Gasteiger partial charge in [-0.25, -0.2) is 0 Å². The molecule has 0 saturated heterocycles. The fraction of sp³-hybridized carbons (Fsp3) is 0.286. The molecule has 4 nitrogen and oxygen atoms in total. The smallest absolute Gasteiger partial charge is 0.230 e. The van der Waals surface area contributed by atoms with Gasteiger partial charge in [-0.05, 0) is 61.6 Å². The number of rotatable bonds is 3. The first kappa shape index (κ1) is 18.3. The number of furan rings is 1. The van der Waals surface area contributed by atoms with Crippen LogP contribution in [-0.2, 0) is 11.2 Å². The van der Waals surface area contributed by atoms with Gasteiger partial charge >= 0.3 is 0 Å². The first-order valence-electron chi connectivity index (χ1n) is 8.79. The van der Waals surface area contributed by atoms with Crippen LogP contribution in [-0.4, -0.2) is 5.91 Å². The van der Waals surface area contributed by atoms with Gasteiger partial charge in [0.25, 0.3) is 0 Å². The van der Waals surface area contributed by atoms with Crippen molar-refractivity contribution in [3.8, 4) is 0 Å². The minimum Gasteiger partial charge on any atom is -0.460 e. The monoisotopic (exact) mass is 370 g/mol. The van der Waals surface area contributed by atoms with Crippen molar-refractivity contribution < 1.29 is 9.21 Å². The number of hydrogen-bond donors (Lipinski definition) is 2. The molecule has 1 amide bonds. The van der Waals surface area contributed by atoms with Crippen molar-refractivity contribution in [2.75, 3.05) is 5.73 Å². The maximum Gasteiger partial charge on any atom is 0.230 e. The Kier molecular flexibility index (Phi) is 5.23. The van der Waals surface area contributed by atoms with E-state index in [9.17, 15) is 4.79 Å². The zero-order valence-electron chi connectivity index (χ0n) is 14.7. The van der Waals surface area contributed by atoms with Crippen LogP contribution in [0.4, 0.5) is 5.69 Å². The van der Waals surface area contributed by atoms with Crippen molar-refractivity contribution in [1.29, 1.82) is 0 Å². The van der Waals surface area contributed by atoms with Crippen molar-refractivity contribution in [3.05, 3.63) is 65.4 Å². The maximum atomic E-state index is 12.8. The number of nitrogens with one attached hydrogen (secondary N) is 1. The molecule has 1 aliphatic carbocycles. The Morgan fingerprint density at radius 3 is 2.85 bits per heavy atom. The summed E-state index contributed by atoms with van der Waals surface area (Å²) in [6.45, 7) is 1.89. The lowest BCUT2D eigenvalue weighted by Crippen LogP contribution is -2.33. The van der Waals surface area contributed by atoms with Gasteiger partial charge in [-0.1, -0.05) is 24.3 Å². The average Bonchev–Trinajstić information content (AvgIpc) is 3.05. The molecule has 136 valence electrons. The van der Waals surface area contributed by atoms with Gasteiger partial charge in [-0.3, -0.25) is 4.79 Å². The Morgan fingerprint density at radius 1 is 1.23 bits per heavy atom. The Balaban J connectivity index is 0.00000196. The van der Waals surface area contributed by atoms with E-state index in [1.807, 2.05) is 55.5 Å². The molecule has 0 aliphatic heterocycles. The SMILES string of the molecule is CC(C(=O)NC1CCCc2cc(N)ccc21)c1cc2ccccc2o1.Cl. The lowest BCUT2D eigenvalue weighted by atomic mass is 9.87. The van der Waals surface area contributed by atoms with Crippen LogP contribution in [0.15, 0.2) is 52.9 Å². The summed E-state index contributed by atoms with van der Waals surface area (Å²) in [6, 6.07) is 15.8. The van der Waals surface area contributed by atoms with E-state index >= 15 is 0 Å². The quantitative estimate of drug-likeness (QED) is 0.654. The number of carbonyl (C=O) groups excluding carboxylic acids is 1. The van der Waals surface area contributed by atoms with Gasteiger partial charge in [0, 0.05) is 11.1 Å². The van der Waals surface area contributed by atoms with Crippen molar-refractivity contribution in [2.24, 2.45) is 0 Å². The number of carbonyl (C=O) groups is 1. The van der Waals surface area contributed by atoms with Crippen LogP contribution in [0.3, 0.4) is 0 Å². The number of aryl methyl sites for hydroxylation is 1. The van der Waals surface area contributed by atoms with Crippen molar-refractivity contribution >= 4 is 35.0 Å². The van der Waals surface area contributed by atoms with Crippen LogP contribution < -0.4 is 11.1 Å². The standard InChI is InChI=1S/C21H22N2O2.ClH/c1-13(20-12-15-5-2-3-8-19(15)25-20)21(24)23-18-7-4-6-14-11-16(22)9-10-17(14)18;/h2-3,5,8-13,18H,4,6-7,22H2,1H3,(H,23,24);1H. The molecule has 2 atom stereocenters. The minimum absolute atomic E-state index is 0. The summed E-state index contributed by atoms with van der Waals surface area (Å²) in [5.41, 5.74) is 9.91. The van der Waals surface area contributed by atoms with Crippen LogP contribution in [0.1, 0.15) is 48.6 Å². The van der Waals surface area contributed by atoms with Gasteiger partial charge in [0.05, 0.1) is 12.0 Å². The Morgan fingerprint density at radius 2 is 2.04 bits per heavy atom. The zero-order chi connectivity index (χ0) is 17.4. The molecular formula is C21H23ClN2O2. The number of fused-ring (bicyclic) bond motifs is 2. The first-order chi connectivity index (χ1) is 12.1. The second-order valence-corrected chi connectivity index (χ2v) is 6.82. The highest BCUT2D eigenvalue weighted by Gasteiger charge is 2.26. The van der Waals surface area contributed by atoms with E-state index in [1.54, 1.807) is 0 Å². The Bertz CT molecular complexity index is 902. The van der Waals surface area contributed by atoms with E-state index in [-0.39, 0.29) is 30.3 Å². The Hall–Kier alpha value is -2.46. The first-order valence-corrected chi connectivity index (χ1v) is 8.79. The highest BCUT2D eigenvalue weighted by atomic mass is 35.5. The second kappa shape index (κ2) is 7.42. The van der Waals surface area contributed by atoms with Gasteiger partial charge in [-0.2, -0.15) is 0 Å². The summed E-state index contributed by atoms with van der Waals surface area (Å²) in [5, 5.41) is 4.22. The summed E-state index contributed by atoms with van der Waals surface area (Å²) >= 11 is 0. The third kappa shape index (κ3) is 3.42. The molecule has 1 heterocycles. The van der Waals surface area contributed by atoms with E-state index in [0.29, 0.717) is 5.76 Å². The number of nitrogen functional groups attached to an aromatic ring is 1. The number of para-hydroxylation sites is 1. The summed E-state index contributed by atoms with van der Waals surface area (Å²) in [5.74, 6) is 0.368. The van der Waals surface area contributed by atoms with E-state index in [0.717, 1.165) is 35.9 Å². The van der Waals surface area contributed by atoms with Crippen molar-refractivity contribution in [2.45, 2.75) is 38.1 Å². The van der Waals surface area contributed by atoms with Gasteiger partial charge in [-0.15, -0.1) is 12.4 Å². The fourth-order valence-electron chi connectivity index (χ4n) is 3.63. The zero-order valence-corrected chi connectivity index (χ0v) is 15.5. The molecule has 1 aliphatic rings. The third-order valence-electron chi connectivity index (χ3n) is 5.06. The van der Waals surface area contributed by atoms with Crippen molar-refractivity contribution in [3.63, 3.8) is 0 Å². The van der Waals surface area contributed by atoms with Gasteiger partial charge in [0.2, 0.25) is 5.91 Å². The van der Waals surface area contributed by atoms with Crippen LogP contribution in [0, 0.1) is 0 Å². The molecule has 26 heavy (non-hydrogen) atoms. The fourth-order valence-corrected chi connectivity index (χ4v) is 3.63. The van der Waals surface area contributed by atoms with E-state index in [2.05, 4.69) is 5.32 Å². The summed E-state index contributed by atoms with van der Waals surface area (Å²) < 4.78 is 5.85. The van der Waals surface area contributed by atoms with Gasteiger partial charge in [0.15, 0.2) is 0 Å². The third-order valence-corrected chi connectivity index (χ3v) is 5.06. The number of amides is 1. The number of nitrogens with two attached hydrogens (primary N) is 1. The molecule has 3 aromatic rings. The van der Waals surface area contributed by atoms with Crippen LogP contribution in [0.5, 0.6) is 0 Å². The predicted molar refractivity (Wildman–Crippen MR) is 107 cm³/mol. The average molecular weight is 371 g/mol. The van der Waals surface area contributed by atoms with Crippen LogP contribution in [0.25, 0.3) is 11.0 Å². The molecule has 0 spiro atoms. The van der Waals surface area contributed by atoms with Crippen molar-refractivity contribution in [1.82, 2.24) is 5.32 Å². The van der Waals surface area contributed by atoms with E-state index in [1.165, 1.54) is 11.1 Å². The number of benzene rings is 2. The maximum absolute atomic E-state index is 12.8. The molecule has 2 aromatic carbocycles. The summed E-state index contributed by atoms with van der Waals surface area (Å²) in [7, 11) is 0. The van der Waals surface area contributed by atoms with Gasteiger partial charge < -0.3 is 15.5 Å². The molecule has 5 heteroatoms. The van der Waals surface area contributed by atoms with E-state index in [4.69, 9.17) is 10.2 Å². The molecule has 2 unspecified atom stereocenters. The molecule has 4 rings (SSSR count). The lowest BCUT2D eigenvalue weighted by molar-refractivity contribution is -0.123. The van der Waals surface area contributed by atoms with E-state index < -0.39 is 0 Å². The Labute approximate surface area is 159 Å². The van der Waals surface area contributed by atoms with Crippen LogP contribution in [0.2, 0.25) is 0 Å². The normalized spacial score (nSPS) is 17.2. The summed E-state index contributed by atoms with van der Waals surface area (Å²) in [4.78, 5) is 12.8. The molecule has 3 N–H and O–H groups in total. The predicted octanol–water partition coefficient (Wildman–Crippen LogP) is 4.73. The minimum atomic E-state index is -0.327. The molecular weight excluding hydrogens is 348 g/mol. The lowest BCUT2D eigenvalue weighted by Gasteiger charge is -2.27. The molecule has 0 saturated carbocycles. The van der Waals surface area contributed by atoms with Crippen LogP contribution >= 0.6 is 12.4 Å². The topological polar surface area (TPSA) is 68.3 Å². The second-order valence-electron chi connectivity index (χ2n) is 6.82. The molecule has 1 aromatic heterocycles. The number of hydrogen-bond acceptors (Lipinski definition) is 3. The summed E-state index contributed by atoms with van der Waals surface area (Å²) in [6.07, 6.45) is 3.03. The molecule has 0 fully saturated rings. The number of halogens is 1. The molecule has 0 bridgehead atoms. The largest absolute Gasteiger partial charge is 0.460 e. The highest BCUT2D eigenvalue weighted by Crippen LogP contribution is 2.32. The molecule has 0 radical (unpaired) electrons.